The van der Waals surface area contributed by atoms with E-state index in [-0.39, 0.29) is 12.5 Å². The zero-order chi connectivity index (χ0) is 17.5. The van der Waals surface area contributed by atoms with E-state index in [2.05, 4.69) is 5.32 Å². The van der Waals surface area contributed by atoms with Gasteiger partial charge in [-0.1, -0.05) is 18.2 Å². The summed E-state index contributed by atoms with van der Waals surface area (Å²) in [5.41, 5.74) is 2.91. The summed E-state index contributed by atoms with van der Waals surface area (Å²) >= 11 is 1.56. The van der Waals surface area contributed by atoms with Crippen molar-refractivity contribution in [1.82, 2.24) is 0 Å². The average molecular weight is 345 g/mol. The van der Waals surface area contributed by atoms with Crippen LogP contribution in [0.3, 0.4) is 0 Å². The highest BCUT2D eigenvalue weighted by Gasteiger charge is 2.09. The standard InChI is InChI=1S/C19H23NO3S/c1-13-5-4-6-14(2)19(13)23-11-17(22)12-24-18-9-7-16(8-10-18)20-15(3)21/h4-10,17,22H,11-12H2,1-3H3,(H,20,21)/t17-/m0/s1. The lowest BCUT2D eigenvalue weighted by molar-refractivity contribution is -0.114. The van der Waals surface area contributed by atoms with Crippen LogP contribution in [0.4, 0.5) is 5.69 Å². The second kappa shape index (κ2) is 8.76. The van der Waals surface area contributed by atoms with Crippen LogP contribution >= 0.6 is 11.8 Å². The van der Waals surface area contributed by atoms with Crippen molar-refractivity contribution >= 4 is 23.4 Å². The Morgan fingerprint density at radius 1 is 1.17 bits per heavy atom. The number of amides is 1. The number of anilines is 1. The second-order valence-electron chi connectivity index (χ2n) is 5.70. The molecule has 0 heterocycles. The minimum Gasteiger partial charge on any atom is -0.490 e. The van der Waals surface area contributed by atoms with Gasteiger partial charge < -0.3 is 15.2 Å². The van der Waals surface area contributed by atoms with Gasteiger partial charge in [-0.3, -0.25) is 4.79 Å². The molecule has 4 nitrogen and oxygen atoms in total. The molecule has 0 spiro atoms. The highest BCUT2D eigenvalue weighted by atomic mass is 32.2. The number of aliphatic hydroxyl groups excluding tert-OH is 1. The van der Waals surface area contributed by atoms with Crippen LogP contribution in [0.25, 0.3) is 0 Å². The molecule has 0 aromatic heterocycles. The number of aryl methyl sites for hydroxylation is 2. The molecule has 1 amide bonds. The lowest BCUT2D eigenvalue weighted by atomic mass is 10.1. The Morgan fingerprint density at radius 3 is 2.38 bits per heavy atom. The fourth-order valence-corrected chi connectivity index (χ4v) is 3.09. The number of carbonyl (C=O) groups is 1. The number of carbonyl (C=O) groups excluding carboxylic acids is 1. The van der Waals surface area contributed by atoms with E-state index in [0.29, 0.717) is 5.75 Å². The number of aliphatic hydroxyl groups is 1. The van der Waals surface area contributed by atoms with Gasteiger partial charge in [0.25, 0.3) is 0 Å². The second-order valence-corrected chi connectivity index (χ2v) is 6.80. The summed E-state index contributed by atoms with van der Waals surface area (Å²) in [6.45, 7) is 5.75. The number of ether oxygens (including phenoxy) is 1. The van der Waals surface area contributed by atoms with E-state index in [9.17, 15) is 9.90 Å². The molecule has 128 valence electrons. The predicted molar refractivity (Wildman–Crippen MR) is 98.9 cm³/mol. The third-order valence-electron chi connectivity index (χ3n) is 3.45. The van der Waals surface area contributed by atoms with Crippen molar-refractivity contribution < 1.29 is 14.6 Å². The molecule has 0 aliphatic rings. The Bertz CT molecular complexity index is 665. The molecule has 2 aromatic rings. The summed E-state index contributed by atoms with van der Waals surface area (Å²) in [5, 5.41) is 12.9. The van der Waals surface area contributed by atoms with Crippen molar-refractivity contribution in [1.29, 1.82) is 0 Å². The van der Waals surface area contributed by atoms with Crippen LogP contribution < -0.4 is 10.1 Å². The van der Waals surface area contributed by atoms with E-state index in [0.717, 1.165) is 27.5 Å². The predicted octanol–water partition coefficient (Wildman–Crippen LogP) is 3.79. The smallest absolute Gasteiger partial charge is 0.221 e. The molecule has 0 bridgehead atoms. The molecule has 2 rings (SSSR count). The van der Waals surface area contributed by atoms with Crippen molar-refractivity contribution in [3.05, 3.63) is 53.6 Å². The molecular weight excluding hydrogens is 322 g/mol. The van der Waals surface area contributed by atoms with Gasteiger partial charge in [-0.2, -0.15) is 0 Å². The molecule has 0 aliphatic carbocycles. The molecule has 2 N–H and O–H groups in total. The summed E-state index contributed by atoms with van der Waals surface area (Å²) in [7, 11) is 0. The van der Waals surface area contributed by atoms with Crippen LogP contribution in [-0.2, 0) is 4.79 Å². The Hall–Kier alpha value is -1.98. The summed E-state index contributed by atoms with van der Waals surface area (Å²) in [6.07, 6.45) is -0.552. The lowest BCUT2D eigenvalue weighted by Gasteiger charge is -2.15. The van der Waals surface area contributed by atoms with Gasteiger partial charge in [-0.15, -0.1) is 11.8 Å². The third kappa shape index (κ3) is 5.58. The molecule has 5 heteroatoms. The van der Waals surface area contributed by atoms with Crippen molar-refractivity contribution in [3.63, 3.8) is 0 Å². The Kier molecular flexibility index (Phi) is 6.70. The van der Waals surface area contributed by atoms with Crippen molar-refractivity contribution in [2.24, 2.45) is 0 Å². The molecule has 0 unspecified atom stereocenters. The van der Waals surface area contributed by atoms with E-state index >= 15 is 0 Å². The quantitative estimate of drug-likeness (QED) is 0.750. The van der Waals surface area contributed by atoms with E-state index in [1.165, 1.54) is 6.92 Å². The fourth-order valence-electron chi connectivity index (χ4n) is 2.28. The number of hydrogen-bond acceptors (Lipinski definition) is 4. The van der Waals surface area contributed by atoms with Gasteiger partial charge in [0.05, 0.1) is 6.10 Å². The average Bonchev–Trinajstić information content (AvgIpc) is 2.53. The molecule has 0 radical (unpaired) electrons. The van der Waals surface area contributed by atoms with Gasteiger partial charge >= 0.3 is 0 Å². The van der Waals surface area contributed by atoms with Crippen LogP contribution in [-0.4, -0.2) is 29.5 Å². The van der Waals surface area contributed by atoms with Gasteiger partial charge in [0.15, 0.2) is 0 Å². The van der Waals surface area contributed by atoms with Gasteiger partial charge in [-0.25, -0.2) is 0 Å². The summed E-state index contributed by atoms with van der Waals surface area (Å²) in [5.74, 6) is 1.31. The number of hydrogen-bond donors (Lipinski definition) is 2. The summed E-state index contributed by atoms with van der Waals surface area (Å²) in [4.78, 5) is 12.0. The molecule has 24 heavy (non-hydrogen) atoms. The maximum Gasteiger partial charge on any atom is 0.221 e. The van der Waals surface area contributed by atoms with Crippen LogP contribution in [0.2, 0.25) is 0 Å². The van der Waals surface area contributed by atoms with Gasteiger partial charge in [0.2, 0.25) is 5.91 Å². The summed E-state index contributed by atoms with van der Waals surface area (Å²) in [6, 6.07) is 13.5. The van der Waals surface area contributed by atoms with Crippen molar-refractivity contribution in [2.75, 3.05) is 17.7 Å². The van der Waals surface area contributed by atoms with E-state index < -0.39 is 6.10 Å². The van der Waals surface area contributed by atoms with Crippen LogP contribution in [0.15, 0.2) is 47.4 Å². The Morgan fingerprint density at radius 2 is 1.79 bits per heavy atom. The fraction of sp³-hybridized carbons (Fsp3) is 0.316. The van der Waals surface area contributed by atoms with Crippen LogP contribution in [0.5, 0.6) is 5.75 Å². The molecule has 0 saturated heterocycles. The third-order valence-corrected chi connectivity index (χ3v) is 4.60. The first kappa shape index (κ1) is 18.4. The van der Waals surface area contributed by atoms with E-state index in [1.54, 1.807) is 11.8 Å². The molecule has 1 atom stereocenters. The maximum absolute atomic E-state index is 11.0. The SMILES string of the molecule is CC(=O)Nc1ccc(SC[C@@H](O)COc2c(C)cccc2C)cc1. The largest absolute Gasteiger partial charge is 0.490 e. The zero-order valence-corrected chi connectivity index (χ0v) is 15.0. The van der Waals surface area contributed by atoms with E-state index in [4.69, 9.17) is 4.74 Å². The minimum absolute atomic E-state index is 0.0885. The number of nitrogens with one attached hydrogen (secondary N) is 1. The first-order chi connectivity index (χ1) is 11.5. The van der Waals surface area contributed by atoms with Crippen molar-refractivity contribution in [2.45, 2.75) is 31.8 Å². The van der Waals surface area contributed by atoms with Gasteiger partial charge in [0, 0.05) is 23.3 Å². The van der Waals surface area contributed by atoms with Gasteiger partial charge in [0.1, 0.15) is 12.4 Å². The van der Waals surface area contributed by atoms with E-state index in [1.807, 2.05) is 56.3 Å². The molecular formula is C19H23NO3S. The summed E-state index contributed by atoms with van der Waals surface area (Å²) < 4.78 is 5.77. The normalized spacial score (nSPS) is 11.8. The number of rotatable bonds is 7. The highest BCUT2D eigenvalue weighted by molar-refractivity contribution is 7.99. The minimum atomic E-state index is -0.552. The molecule has 0 saturated carbocycles. The topological polar surface area (TPSA) is 58.6 Å². The molecule has 2 aromatic carbocycles. The first-order valence-electron chi connectivity index (χ1n) is 7.83. The molecule has 0 aliphatic heterocycles. The number of thioether (sulfide) groups is 1. The highest BCUT2D eigenvalue weighted by Crippen LogP contribution is 2.24. The zero-order valence-electron chi connectivity index (χ0n) is 14.2. The number of benzene rings is 2. The monoisotopic (exact) mass is 345 g/mol. The van der Waals surface area contributed by atoms with Crippen LogP contribution in [0, 0.1) is 13.8 Å². The van der Waals surface area contributed by atoms with Crippen molar-refractivity contribution in [3.8, 4) is 5.75 Å². The Balaban J connectivity index is 1.80. The van der Waals surface area contributed by atoms with Crippen LogP contribution in [0.1, 0.15) is 18.1 Å². The lowest BCUT2D eigenvalue weighted by Crippen LogP contribution is -2.20. The maximum atomic E-state index is 11.0. The molecule has 0 fully saturated rings. The first-order valence-corrected chi connectivity index (χ1v) is 8.82. The number of para-hydroxylation sites is 1. The van der Waals surface area contributed by atoms with Gasteiger partial charge in [-0.05, 0) is 49.2 Å². The Labute approximate surface area is 147 Å².